The summed E-state index contributed by atoms with van der Waals surface area (Å²) in [6, 6.07) is 0. The van der Waals surface area contributed by atoms with Crippen LogP contribution in [0.15, 0.2) is 11.6 Å². The fourth-order valence-corrected chi connectivity index (χ4v) is 10.9. The Morgan fingerprint density at radius 1 is 0.853 bits per heavy atom. The van der Waals surface area contributed by atoms with E-state index in [0.29, 0.717) is 33.0 Å². The first kappa shape index (κ1) is 24.9. The third-order valence-corrected chi connectivity index (χ3v) is 13.3. The third-order valence-electron chi connectivity index (χ3n) is 13.3. The van der Waals surface area contributed by atoms with Crippen LogP contribution in [-0.4, -0.2) is 12.1 Å². The van der Waals surface area contributed by atoms with Crippen LogP contribution in [0.4, 0.5) is 0 Å². The van der Waals surface area contributed by atoms with E-state index in [-0.39, 0.29) is 17.5 Å². The number of ether oxygens (including phenoxy) is 1. The highest BCUT2D eigenvalue weighted by atomic mass is 16.5. The molecule has 5 rings (SSSR count). The lowest BCUT2D eigenvalue weighted by molar-refractivity contribution is -0.211. The van der Waals surface area contributed by atoms with Gasteiger partial charge in [-0.05, 0) is 109 Å². The van der Waals surface area contributed by atoms with Crippen LogP contribution >= 0.6 is 0 Å². The molecule has 0 N–H and O–H groups in total. The largest absolute Gasteiger partial charge is 0.462 e. The van der Waals surface area contributed by atoms with E-state index < -0.39 is 0 Å². The Labute approximate surface area is 210 Å². The van der Waals surface area contributed by atoms with E-state index >= 15 is 0 Å². The Balaban J connectivity index is 1.53. The Bertz CT molecular complexity index is 897. The zero-order valence-corrected chi connectivity index (χ0v) is 23.8. The minimum Gasteiger partial charge on any atom is -0.462 e. The van der Waals surface area contributed by atoms with Gasteiger partial charge in [0.05, 0.1) is 0 Å². The van der Waals surface area contributed by atoms with Crippen molar-refractivity contribution in [3.63, 3.8) is 0 Å². The molecule has 0 aromatic heterocycles. The molecular formula is C32H52O2. The molecule has 0 aromatic rings. The Kier molecular flexibility index (Phi) is 5.40. The van der Waals surface area contributed by atoms with Gasteiger partial charge in [-0.1, -0.05) is 67.0 Å². The van der Waals surface area contributed by atoms with E-state index in [4.69, 9.17) is 4.74 Å². The molecule has 192 valence electrons. The summed E-state index contributed by atoms with van der Waals surface area (Å²) in [6.07, 6.45) is 15.9. The average molecular weight is 469 g/mol. The SMILES string of the molecule is CC(=O)O[C@@H]1CC[C@]2(C)[C@H]3CC=C4[C@H]5CC(C)(C)CC[C@]5(C)CC[C@@]4(C)[C@]3(C)CC[C@H]2C1(C)C. The predicted molar refractivity (Wildman–Crippen MR) is 140 cm³/mol. The van der Waals surface area contributed by atoms with Crippen molar-refractivity contribution in [3.05, 3.63) is 11.6 Å². The van der Waals surface area contributed by atoms with Crippen molar-refractivity contribution in [1.29, 1.82) is 0 Å². The second kappa shape index (κ2) is 7.38. The van der Waals surface area contributed by atoms with Crippen LogP contribution in [0.5, 0.6) is 0 Å². The first-order valence-electron chi connectivity index (χ1n) is 14.5. The van der Waals surface area contributed by atoms with E-state index in [1.54, 1.807) is 6.92 Å². The molecule has 0 aliphatic heterocycles. The van der Waals surface area contributed by atoms with E-state index in [9.17, 15) is 4.79 Å². The van der Waals surface area contributed by atoms with Crippen molar-refractivity contribution in [3.8, 4) is 0 Å². The van der Waals surface area contributed by atoms with E-state index in [0.717, 1.165) is 18.3 Å². The fraction of sp³-hybridized carbons (Fsp3) is 0.906. The lowest BCUT2D eigenvalue weighted by Crippen LogP contribution is -2.64. The van der Waals surface area contributed by atoms with Crippen molar-refractivity contribution in [1.82, 2.24) is 0 Å². The highest BCUT2D eigenvalue weighted by molar-refractivity contribution is 5.66. The minimum atomic E-state index is -0.110. The first-order chi connectivity index (χ1) is 15.6. The minimum absolute atomic E-state index is 0.0451. The first-order valence-corrected chi connectivity index (χ1v) is 14.5. The van der Waals surface area contributed by atoms with Crippen molar-refractivity contribution < 1.29 is 9.53 Å². The highest BCUT2D eigenvalue weighted by Gasteiger charge is 2.68. The topological polar surface area (TPSA) is 26.3 Å². The number of carbonyl (C=O) groups excluding carboxylic acids is 1. The van der Waals surface area contributed by atoms with Gasteiger partial charge in [-0.2, -0.15) is 0 Å². The molecule has 0 heterocycles. The van der Waals surface area contributed by atoms with Crippen LogP contribution < -0.4 is 0 Å². The molecule has 4 saturated carbocycles. The van der Waals surface area contributed by atoms with Crippen molar-refractivity contribution >= 4 is 5.97 Å². The molecule has 8 atom stereocenters. The smallest absolute Gasteiger partial charge is 0.302 e. The molecule has 4 fully saturated rings. The van der Waals surface area contributed by atoms with Gasteiger partial charge in [-0.25, -0.2) is 0 Å². The van der Waals surface area contributed by atoms with Crippen molar-refractivity contribution in [2.75, 3.05) is 0 Å². The molecule has 2 nitrogen and oxygen atoms in total. The molecule has 0 saturated heterocycles. The molecule has 0 spiro atoms. The summed E-state index contributed by atoms with van der Waals surface area (Å²) in [5, 5.41) is 0. The number of hydrogen-bond donors (Lipinski definition) is 0. The summed E-state index contributed by atoms with van der Waals surface area (Å²) in [6.45, 7) is 22.0. The monoisotopic (exact) mass is 468 g/mol. The molecule has 5 aliphatic carbocycles. The summed E-state index contributed by atoms with van der Waals surface area (Å²) in [7, 11) is 0. The third kappa shape index (κ3) is 3.21. The zero-order chi connectivity index (χ0) is 24.9. The predicted octanol–water partition coefficient (Wildman–Crippen LogP) is 8.74. The maximum absolute atomic E-state index is 11.9. The maximum Gasteiger partial charge on any atom is 0.302 e. The summed E-state index contributed by atoms with van der Waals surface area (Å²) >= 11 is 0. The number of fused-ring (bicyclic) bond motifs is 7. The molecular weight excluding hydrogens is 416 g/mol. The molecule has 0 aromatic carbocycles. The number of allylic oxidation sites excluding steroid dienone is 2. The van der Waals surface area contributed by atoms with Crippen LogP contribution in [0.3, 0.4) is 0 Å². The van der Waals surface area contributed by atoms with Gasteiger partial charge >= 0.3 is 5.97 Å². The number of carbonyl (C=O) groups is 1. The maximum atomic E-state index is 11.9. The van der Waals surface area contributed by atoms with Crippen LogP contribution in [0, 0.1) is 50.2 Å². The van der Waals surface area contributed by atoms with Gasteiger partial charge in [-0.3, -0.25) is 4.79 Å². The van der Waals surface area contributed by atoms with Gasteiger partial charge in [0.1, 0.15) is 6.10 Å². The van der Waals surface area contributed by atoms with Crippen LogP contribution in [0.25, 0.3) is 0 Å². The van der Waals surface area contributed by atoms with Gasteiger partial charge < -0.3 is 4.74 Å². The zero-order valence-electron chi connectivity index (χ0n) is 23.8. The molecule has 0 unspecified atom stereocenters. The van der Waals surface area contributed by atoms with Crippen LogP contribution in [0.1, 0.15) is 127 Å². The molecule has 0 amide bonds. The summed E-state index contributed by atoms with van der Waals surface area (Å²) in [4.78, 5) is 11.9. The van der Waals surface area contributed by atoms with E-state index in [1.807, 2.05) is 5.57 Å². The van der Waals surface area contributed by atoms with E-state index in [2.05, 4.69) is 61.5 Å². The lowest BCUT2D eigenvalue weighted by Gasteiger charge is -2.71. The summed E-state index contributed by atoms with van der Waals surface area (Å²) in [5.41, 5.74) is 3.92. The summed E-state index contributed by atoms with van der Waals surface area (Å²) in [5.74, 6) is 2.01. The number of esters is 1. The van der Waals surface area contributed by atoms with Crippen molar-refractivity contribution in [2.45, 2.75) is 133 Å². The number of rotatable bonds is 1. The Hall–Kier alpha value is -0.790. The Morgan fingerprint density at radius 2 is 1.53 bits per heavy atom. The standard InChI is InChI=1S/C32H52O2/c1-21(33)34-26-13-14-30(7)24(28(26,4)5)12-15-32(9)25(30)11-10-22-23-20-27(2,3)16-17-29(23,6)18-19-31(22,32)8/h10,23-26H,11-20H2,1-9H3/t23-,24+,25-,26-,29-,30+,31-,32-/m1/s1. The van der Waals surface area contributed by atoms with Gasteiger partial charge in [-0.15, -0.1) is 0 Å². The fourth-order valence-electron chi connectivity index (χ4n) is 10.9. The van der Waals surface area contributed by atoms with Gasteiger partial charge in [0, 0.05) is 12.3 Å². The van der Waals surface area contributed by atoms with Crippen molar-refractivity contribution in [2.24, 2.45) is 50.2 Å². The molecule has 0 bridgehead atoms. The average Bonchev–Trinajstić information content (AvgIpc) is 2.72. The lowest BCUT2D eigenvalue weighted by atomic mass is 9.33. The second-order valence-corrected chi connectivity index (χ2v) is 15.8. The van der Waals surface area contributed by atoms with Crippen LogP contribution in [-0.2, 0) is 9.53 Å². The molecule has 2 heteroatoms. The van der Waals surface area contributed by atoms with Crippen LogP contribution in [0.2, 0.25) is 0 Å². The molecule has 34 heavy (non-hydrogen) atoms. The molecule has 0 radical (unpaired) electrons. The summed E-state index contributed by atoms with van der Waals surface area (Å²) < 4.78 is 5.91. The van der Waals surface area contributed by atoms with Gasteiger partial charge in [0.2, 0.25) is 0 Å². The Morgan fingerprint density at radius 3 is 2.21 bits per heavy atom. The quantitative estimate of drug-likeness (QED) is 0.284. The highest BCUT2D eigenvalue weighted by Crippen LogP contribution is 2.75. The molecule has 5 aliphatic rings. The number of hydrogen-bond acceptors (Lipinski definition) is 2. The van der Waals surface area contributed by atoms with Gasteiger partial charge in [0.15, 0.2) is 0 Å². The van der Waals surface area contributed by atoms with Gasteiger partial charge in [0.25, 0.3) is 0 Å². The second-order valence-electron chi connectivity index (χ2n) is 15.8. The normalized spacial score (nSPS) is 51.1. The van der Waals surface area contributed by atoms with E-state index in [1.165, 1.54) is 57.8 Å².